The van der Waals surface area contributed by atoms with Crippen LogP contribution in [0.1, 0.15) is 0 Å². The van der Waals surface area contributed by atoms with Gasteiger partial charge in [-0.2, -0.15) is 0 Å². The third-order valence-electron chi connectivity index (χ3n) is 2.37. The quantitative estimate of drug-likeness (QED) is 0.521. The van der Waals surface area contributed by atoms with E-state index < -0.39 is 4.92 Å². The van der Waals surface area contributed by atoms with Crippen molar-refractivity contribution in [3.8, 4) is 11.7 Å². The molecular formula is C11H5ClN2O4. The Bertz CT molecular complexity index is 746. The van der Waals surface area contributed by atoms with E-state index in [1.54, 1.807) is 12.1 Å². The first-order valence-electron chi connectivity index (χ1n) is 4.94. The predicted molar refractivity (Wildman–Crippen MR) is 63.4 cm³/mol. The van der Waals surface area contributed by atoms with Crippen molar-refractivity contribution in [2.75, 3.05) is 0 Å². The molecule has 0 fully saturated rings. The summed E-state index contributed by atoms with van der Waals surface area (Å²) in [5.41, 5.74) is 0.789. The summed E-state index contributed by atoms with van der Waals surface area (Å²) in [5, 5.41) is 10.9. The highest BCUT2D eigenvalue weighted by Crippen LogP contribution is 2.29. The molecule has 1 aromatic carbocycles. The molecule has 0 saturated heterocycles. The maximum atomic E-state index is 10.6. The van der Waals surface area contributed by atoms with Crippen molar-refractivity contribution in [3.63, 3.8) is 0 Å². The summed E-state index contributed by atoms with van der Waals surface area (Å²) in [4.78, 5) is 14.3. The van der Waals surface area contributed by atoms with E-state index in [1.807, 2.05) is 0 Å². The molecule has 90 valence electrons. The Morgan fingerprint density at radius 2 is 2.06 bits per heavy atom. The van der Waals surface area contributed by atoms with Gasteiger partial charge in [-0.05, 0) is 29.8 Å². The fourth-order valence-corrected chi connectivity index (χ4v) is 1.71. The molecule has 2 aromatic heterocycles. The van der Waals surface area contributed by atoms with Crippen LogP contribution in [-0.4, -0.2) is 9.91 Å². The van der Waals surface area contributed by atoms with Crippen LogP contribution in [0, 0.1) is 10.1 Å². The molecule has 3 aromatic rings. The fourth-order valence-electron chi connectivity index (χ4n) is 1.56. The Morgan fingerprint density at radius 1 is 1.22 bits per heavy atom. The summed E-state index contributed by atoms with van der Waals surface area (Å²) in [5.74, 6) is 0.608. The molecule has 3 rings (SSSR count). The van der Waals surface area contributed by atoms with Crippen LogP contribution in [0.15, 0.2) is 39.2 Å². The van der Waals surface area contributed by atoms with Gasteiger partial charge in [0.2, 0.25) is 0 Å². The number of non-ortho nitro benzene ring substituents is 1. The van der Waals surface area contributed by atoms with E-state index in [4.69, 9.17) is 20.4 Å². The Morgan fingerprint density at radius 3 is 2.72 bits per heavy atom. The molecule has 0 spiro atoms. The van der Waals surface area contributed by atoms with Crippen LogP contribution >= 0.6 is 11.6 Å². The van der Waals surface area contributed by atoms with Crippen molar-refractivity contribution in [1.29, 1.82) is 0 Å². The molecule has 7 heteroatoms. The number of nitro benzene ring substituents is 1. The zero-order chi connectivity index (χ0) is 12.7. The van der Waals surface area contributed by atoms with Crippen LogP contribution in [0.4, 0.5) is 5.69 Å². The molecule has 18 heavy (non-hydrogen) atoms. The average Bonchev–Trinajstić information content (AvgIpc) is 2.93. The van der Waals surface area contributed by atoms with Gasteiger partial charge >= 0.3 is 0 Å². The molecule has 0 aliphatic heterocycles. The predicted octanol–water partition coefficient (Wildman–Crippen LogP) is 3.65. The van der Waals surface area contributed by atoms with Crippen LogP contribution < -0.4 is 0 Å². The van der Waals surface area contributed by atoms with Gasteiger partial charge in [-0.3, -0.25) is 10.1 Å². The minimum atomic E-state index is -0.495. The standard InChI is InChI=1S/C11H5ClN2O4/c12-10-4-3-8(17-10)11-13-7-2-1-6(14(15)16)5-9(7)18-11/h1-5H. The van der Waals surface area contributed by atoms with Crippen LogP contribution in [0.3, 0.4) is 0 Å². The lowest BCUT2D eigenvalue weighted by atomic mass is 10.3. The molecule has 0 amide bonds. The summed E-state index contributed by atoms with van der Waals surface area (Å²) in [7, 11) is 0. The highest BCUT2D eigenvalue weighted by molar-refractivity contribution is 6.28. The smallest absolute Gasteiger partial charge is 0.273 e. The van der Waals surface area contributed by atoms with Crippen LogP contribution in [-0.2, 0) is 0 Å². The molecule has 0 atom stereocenters. The zero-order valence-electron chi connectivity index (χ0n) is 8.79. The molecule has 0 bridgehead atoms. The van der Waals surface area contributed by atoms with Gasteiger partial charge < -0.3 is 8.83 Å². The molecular weight excluding hydrogens is 260 g/mol. The number of halogens is 1. The van der Waals surface area contributed by atoms with Crippen LogP contribution in [0.25, 0.3) is 22.8 Å². The average molecular weight is 265 g/mol. The summed E-state index contributed by atoms with van der Waals surface area (Å²) in [6, 6.07) is 7.38. The Kier molecular flexibility index (Phi) is 2.31. The third-order valence-corrected chi connectivity index (χ3v) is 2.57. The van der Waals surface area contributed by atoms with Crippen molar-refractivity contribution >= 4 is 28.4 Å². The fraction of sp³-hybridized carbons (Fsp3) is 0. The van der Waals surface area contributed by atoms with Gasteiger partial charge in [-0.1, -0.05) is 0 Å². The molecule has 2 heterocycles. The summed E-state index contributed by atoms with van der Waals surface area (Å²) >= 11 is 5.65. The number of hydrogen-bond donors (Lipinski definition) is 0. The monoisotopic (exact) mass is 264 g/mol. The largest absolute Gasteiger partial charge is 0.440 e. The molecule has 0 aliphatic carbocycles. The Balaban J connectivity index is 2.13. The van der Waals surface area contributed by atoms with Crippen molar-refractivity contribution in [2.45, 2.75) is 0 Å². The first kappa shape index (κ1) is 10.8. The number of nitrogens with zero attached hydrogens (tertiary/aromatic N) is 2. The lowest BCUT2D eigenvalue weighted by Gasteiger charge is -1.88. The summed E-state index contributed by atoms with van der Waals surface area (Å²) < 4.78 is 10.5. The van der Waals surface area contributed by atoms with Gasteiger partial charge in [0.25, 0.3) is 11.6 Å². The number of hydrogen-bond acceptors (Lipinski definition) is 5. The second-order valence-corrected chi connectivity index (χ2v) is 3.90. The normalized spacial score (nSPS) is 10.9. The van der Waals surface area contributed by atoms with Gasteiger partial charge in [-0.15, -0.1) is 0 Å². The van der Waals surface area contributed by atoms with E-state index in [0.717, 1.165) is 0 Å². The van der Waals surface area contributed by atoms with Crippen molar-refractivity contribution in [2.24, 2.45) is 0 Å². The first-order chi connectivity index (χ1) is 8.63. The number of benzene rings is 1. The topological polar surface area (TPSA) is 82.3 Å². The van der Waals surface area contributed by atoms with Gasteiger partial charge in [0.1, 0.15) is 5.52 Å². The van der Waals surface area contributed by atoms with E-state index in [9.17, 15) is 10.1 Å². The van der Waals surface area contributed by atoms with E-state index >= 15 is 0 Å². The number of aromatic nitrogens is 1. The van der Waals surface area contributed by atoms with E-state index in [0.29, 0.717) is 16.9 Å². The molecule has 6 nitrogen and oxygen atoms in total. The van der Waals surface area contributed by atoms with Gasteiger partial charge in [0.15, 0.2) is 16.6 Å². The number of oxazole rings is 1. The van der Waals surface area contributed by atoms with E-state index in [-0.39, 0.29) is 16.8 Å². The highest BCUT2D eigenvalue weighted by Gasteiger charge is 2.14. The highest BCUT2D eigenvalue weighted by atomic mass is 35.5. The number of rotatable bonds is 2. The molecule has 0 radical (unpaired) electrons. The lowest BCUT2D eigenvalue weighted by Crippen LogP contribution is -1.86. The second-order valence-electron chi connectivity index (χ2n) is 3.53. The van der Waals surface area contributed by atoms with Crippen LogP contribution in [0.5, 0.6) is 0 Å². The molecule has 0 unspecified atom stereocenters. The van der Waals surface area contributed by atoms with E-state index in [1.165, 1.54) is 18.2 Å². The second kappa shape index (κ2) is 3.85. The van der Waals surface area contributed by atoms with Crippen molar-refractivity contribution < 1.29 is 13.8 Å². The zero-order valence-corrected chi connectivity index (χ0v) is 9.55. The summed E-state index contributed by atoms with van der Waals surface area (Å²) in [6.07, 6.45) is 0. The molecule has 0 saturated carbocycles. The van der Waals surface area contributed by atoms with Gasteiger partial charge in [0.05, 0.1) is 11.0 Å². The van der Waals surface area contributed by atoms with E-state index in [2.05, 4.69) is 4.98 Å². The first-order valence-corrected chi connectivity index (χ1v) is 5.32. The Hall–Kier alpha value is -2.34. The lowest BCUT2D eigenvalue weighted by molar-refractivity contribution is -0.384. The number of furan rings is 1. The van der Waals surface area contributed by atoms with Gasteiger partial charge in [-0.25, -0.2) is 4.98 Å². The van der Waals surface area contributed by atoms with Crippen molar-refractivity contribution in [1.82, 2.24) is 4.98 Å². The van der Waals surface area contributed by atoms with Crippen LogP contribution in [0.2, 0.25) is 5.22 Å². The van der Waals surface area contributed by atoms with Crippen molar-refractivity contribution in [3.05, 3.63) is 45.7 Å². The third kappa shape index (κ3) is 1.72. The minimum Gasteiger partial charge on any atom is -0.440 e. The molecule has 0 aliphatic rings. The molecule has 0 N–H and O–H groups in total. The number of fused-ring (bicyclic) bond motifs is 1. The Labute approximate surface area is 105 Å². The van der Waals surface area contributed by atoms with Gasteiger partial charge in [0, 0.05) is 6.07 Å². The summed E-state index contributed by atoms with van der Waals surface area (Å²) in [6.45, 7) is 0. The maximum absolute atomic E-state index is 10.6. The maximum Gasteiger partial charge on any atom is 0.273 e. The minimum absolute atomic E-state index is 0.0531. The number of nitro groups is 1. The SMILES string of the molecule is O=[N+]([O-])c1ccc2nc(-c3ccc(Cl)o3)oc2c1.